The second-order valence-electron chi connectivity index (χ2n) is 7.07. The minimum atomic E-state index is -3.63. The number of nitrogens with two attached hydrogens (primary N) is 1. The normalized spacial score (nSPS) is 9.62. The Morgan fingerprint density at radius 1 is 0.865 bits per heavy atom. The molecule has 3 aromatic rings. The van der Waals surface area contributed by atoms with E-state index < -0.39 is 19.9 Å². The molecule has 0 spiro atoms. The van der Waals surface area contributed by atoms with E-state index in [1.54, 1.807) is 26.0 Å². The SMILES string of the molecule is C.CC(=O)O.Cc1cc(N)ccc1Cl.Cc1cc(S(=O)(=O)Cl)ccc1Cl.Cc1cc([N+](=O)[O-])ccc1Cl. The predicted molar refractivity (Wildman–Crippen MR) is 153 cm³/mol. The number of nitrogen functional groups attached to an aromatic ring is 1. The molecular formula is C24H28Cl4N2O6S. The Bertz CT molecular complexity index is 1310. The third-order valence-electron chi connectivity index (χ3n) is 3.95. The first-order valence-corrected chi connectivity index (χ1v) is 13.2. The van der Waals surface area contributed by atoms with Crippen LogP contribution in [0.4, 0.5) is 11.4 Å². The van der Waals surface area contributed by atoms with Gasteiger partial charge in [-0.3, -0.25) is 14.9 Å². The van der Waals surface area contributed by atoms with E-state index >= 15 is 0 Å². The number of nitro groups is 1. The fourth-order valence-corrected chi connectivity index (χ4v) is 3.37. The molecule has 0 atom stereocenters. The summed E-state index contributed by atoms with van der Waals surface area (Å²) in [5.74, 6) is -0.833. The average Bonchev–Trinajstić information content (AvgIpc) is 2.74. The fourth-order valence-electron chi connectivity index (χ4n) is 2.18. The van der Waals surface area contributed by atoms with E-state index in [1.165, 1.54) is 36.4 Å². The van der Waals surface area contributed by atoms with Crippen molar-refractivity contribution in [2.45, 2.75) is 40.0 Å². The van der Waals surface area contributed by atoms with E-state index in [0.717, 1.165) is 28.8 Å². The van der Waals surface area contributed by atoms with Crippen molar-refractivity contribution in [1.82, 2.24) is 0 Å². The van der Waals surface area contributed by atoms with Gasteiger partial charge in [-0.2, -0.15) is 0 Å². The molecule has 0 aliphatic rings. The zero-order valence-corrected chi connectivity index (χ0v) is 23.5. The van der Waals surface area contributed by atoms with Crippen molar-refractivity contribution in [3.05, 3.63) is 96.5 Å². The van der Waals surface area contributed by atoms with Crippen molar-refractivity contribution in [3.8, 4) is 0 Å². The Labute approximate surface area is 236 Å². The number of anilines is 1. The Kier molecular flexibility index (Phi) is 16.9. The van der Waals surface area contributed by atoms with Crippen molar-refractivity contribution in [1.29, 1.82) is 0 Å². The van der Waals surface area contributed by atoms with E-state index in [4.69, 9.17) is 61.1 Å². The number of nitro benzene ring substituents is 1. The molecule has 204 valence electrons. The number of hydrogen-bond acceptors (Lipinski definition) is 6. The summed E-state index contributed by atoms with van der Waals surface area (Å²) in [5.41, 5.74) is 8.75. The number of benzene rings is 3. The summed E-state index contributed by atoms with van der Waals surface area (Å²) in [6.45, 7) is 6.46. The molecule has 3 rings (SSSR count). The molecular weight excluding hydrogens is 586 g/mol. The first-order valence-electron chi connectivity index (χ1n) is 9.78. The maximum atomic E-state index is 10.8. The number of hydrogen-bond donors (Lipinski definition) is 2. The summed E-state index contributed by atoms with van der Waals surface area (Å²) in [4.78, 5) is 18.9. The van der Waals surface area contributed by atoms with Gasteiger partial charge in [-0.05, 0) is 79.9 Å². The topological polar surface area (TPSA) is 141 Å². The third kappa shape index (κ3) is 15.3. The van der Waals surface area contributed by atoms with Gasteiger partial charge in [-0.25, -0.2) is 8.42 Å². The molecule has 0 saturated carbocycles. The molecule has 8 nitrogen and oxygen atoms in total. The Morgan fingerprint density at radius 2 is 1.24 bits per heavy atom. The van der Waals surface area contributed by atoms with Gasteiger partial charge in [0.15, 0.2) is 0 Å². The highest BCUT2D eigenvalue weighted by atomic mass is 35.7. The van der Waals surface area contributed by atoms with E-state index in [0.29, 0.717) is 15.6 Å². The van der Waals surface area contributed by atoms with Crippen LogP contribution in [-0.2, 0) is 13.8 Å². The van der Waals surface area contributed by atoms with Crippen molar-refractivity contribution in [2.75, 3.05) is 5.73 Å². The molecule has 0 fully saturated rings. The number of aliphatic carboxylic acids is 1. The minimum absolute atomic E-state index is 0. The Balaban J connectivity index is 0. The lowest BCUT2D eigenvalue weighted by molar-refractivity contribution is -0.384. The number of carboxylic acid groups (broad SMARTS) is 1. The van der Waals surface area contributed by atoms with Crippen LogP contribution in [0.2, 0.25) is 15.1 Å². The van der Waals surface area contributed by atoms with E-state index in [2.05, 4.69) is 0 Å². The Hall–Kier alpha value is -2.56. The van der Waals surface area contributed by atoms with E-state index in [9.17, 15) is 18.5 Å². The summed E-state index contributed by atoms with van der Waals surface area (Å²) in [6.07, 6.45) is 0. The van der Waals surface area contributed by atoms with Gasteiger partial charge in [0, 0.05) is 50.5 Å². The molecule has 0 saturated heterocycles. The van der Waals surface area contributed by atoms with Crippen molar-refractivity contribution < 1.29 is 23.2 Å². The van der Waals surface area contributed by atoms with Crippen molar-refractivity contribution in [3.63, 3.8) is 0 Å². The number of non-ortho nitro benzene ring substituents is 1. The van der Waals surface area contributed by atoms with Crippen LogP contribution in [0.25, 0.3) is 0 Å². The molecule has 0 unspecified atom stereocenters. The molecule has 3 aromatic carbocycles. The molecule has 3 N–H and O–H groups in total. The monoisotopic (exact) mass is 612 g/mol. The van der Waals surface area contributed by atoms with Gasteiger partial charge in [0.25, 0.3) is 20.7 Å². The lowest BCUT2D eigenvalue weighted by atomic mass is 10.2. The van der Waals surface area contributed by atoms with Crippen LogP contribution in [0.15, 0.2) is 59.5 Å². The van der Waals surface area contributed by atoms with Gasteiger partial charge in [-0.1, -0.05) is 42.2 Å². The number of carbonyl (C=O) groups is 1. The Morgan fingerprint density at radius 3 is 1.57 bits per heavy atom. The van der Waals surface area contributed by atoms with E-state index in [1.807, 2.05) is 13.0 Å². The van der Waals surface area contributed by atoms with Crippen LogP contribution in [0.3, 0.4) is 0 Å². The molecule has 13 heteroatoms. The molecule has 37 heavy (non-hydrogen) atoms. The molecule has 0 aliphatic carbocycles. The zero-order valence-electron chi connectivity index (χ0n) is 19.6. The van der Waals surface area contributed by atoms with Gasteiger partial charge in [0.1, 0.15) is 0 Å². The number of nitrogens with zero attached hydrogens (tertiary/aromatic N) is 1. The summed E-state index contributed by atoms with van der Waals surface area (Å²) in [5, 5.41) is 19.5. The quantitative estimate of drug-likeness (QED) is 0.129. The van der Waals surface area contributed by atoms with E-state index in [-0.39, 0.29) is 18.0 Å². The van der Waals surface area contributed by atoms with Gasteiger partial charge >= 0.3 is 0 Å². The minimum Gasteiger partial charge on any atom is -0.481 e. The van der Waals surface area contributed by atoms with Crippen LogP contribution >= 0.6 is 45.5 Å². The maximum absolute atomic E-state index is 10.8. The van der Waals surface area contributed by atoms with Gasteiger partial charge in [0.05, 0.1) is 9.82 Å². The zero-order chi connectivity index (χ0) is 28.2. The lowest BCUT2D eigenvalue weighted by Gasteiger charge is -1.99. The summed E-state index contributed by atoms with van der Waals surface area (Å²) >= 11 is 17.1. The molecule has 0 heterocycles. The number of carboxylic acids is 1. The second-order valence-corrected chi connectivity index (χ2v) is 10.9. The predicted octanol–water partition coefficient (Wildman–Crippen LogP) is 8.09. The van der Waals surface area contributed by atoms with Crippen molar-refractivity contribution in [2.24, 2.45) is 0 Å². The van der Waals surface area contributed by atoms with Gasteiger partial charge in [-0.15, -0.1) is 0 Å². The summed E-state index contributed by atoms with van der Waals surface area (Å²) < 4.78 is 21.6. The number of rotatable bonds is 2. The molecule has 0 amide bonds. The summed E-state index contributed by atoms with van der Waals surface area (Å²) in [7, 11) is 1.48. The largest absolute Gasteiger partial charge is 0.481 e. The van der Waals surface area contributed by atoms with Crippen LogP contribution in [0.5, 0.6) is 0 Å². The first-order chi connectivity index (χ1) is 16.4. The lowest BCUT2D eigenvalue weighted by Crippen LogP contribution is -1.90. The highest BCUT2D eigenvalue weighted by molar-refractivity contribution is 8.13. The van der Waals surface area contributed by atoms with Crippen molar-refractivity contribution >= 4 is 71.9 Å². The maximum Gasteiger partial charge on any atom is 0.300 e. The first kappa shape index (κ1) is 36.6. The summed E-state index contributed by atoms with van der Waals surface area (Å²) in [6, 6.07) is 14.1. The standard InChI is InChI=1S/C7H6Cl2O2S.C7H6ClNO2.C7H8ClN.C2H4O2.CH4/c1-5-4-6(12(9,10)11)2-3-7(5)8;1-5-4-6(9(10)11)2-3-7(5)8;1-5-4-6(9)2-3-7(5)8;1-2(3)4;/h2-4H,1H3;2-4H,1H3;2-4H,9H2,1H3;1H3,(H,3,4);1H4. The highest BCUT2D eigenvalue weighted by Gasteiger charge is 2.10. The van der Waals surface area contributed by atoms with Crippen LogP contribution in [-0.4, -0.2) is 24.4 Å². The number of aryl methyl sites for hydroxylation is 3. The third-order valence-corrected chi connectivity index (χ3v) is 6.57. The molecule has 0 radical (unpaired) electrons. The second kappa shape index (κ2) is 17.0. The molecule has 0 aliphatic heterocycles. The van der Waals surface area contributed by atoms with Crippen LogP contribution < -0.4 is 5.73 Å². The molecule has 0 bridgehead atoms. The smallest absolute Gasteiger partial charge is 0.300 e. The van der Waals surface area contributed by atoms with Crippen LogP contribution in [0.1, 0.15) is 31.0 Å². The van der Waals surface area contributed by atoms with Gasteiger partial charge < -0.3 is 10.8 Å². The average molecular weight is 614 g/mol. The van der Waals surface area contributed by atoms with Gasteiger partial charge in [0.2, 0.25) is 0 Å². The number of halogens is 4. The fraction of sp³-hybridized carbons (Fsp3) is 0.208. The molecule has 0 aromatic heterocycles. The highest BCUT2D eigenvalue weighted by Crippen LogP contribution is 2.22. The van der Waals surface area contributed by atoms with Crippen LogP contribution in [0, 0.1) is 30.9 Å².